The number of benzene rings is 1. The average Bonchev–Trinajstić information content (AvgIpc) is 2.46. The fraction of sp³-hybridized carbons (Fsp3) is 0.368. The van der Waals surface area contributed by atoms with E-state index in [0.29, 0.717) is 23.3 Å². The largest absolute Gasteiger partial charge is 0.346 e. The zero-order chi connectivity index (χ0) is 17.0. The van der Waals surface area contributed by atoms with Crippen molar-refractivity contribution in [3.8, 4) is 12.3 Å². The average molecular weight is 312 g/mol. The molecule has 0 aliphatic heterocycles. The number of hydrogen-bond donors (Lipinski definition) is 1. The van der Waals surface area contributed by atoms with Crippen molar-refractivity contribution in [3.05, 3.63) is 41.8 Å². The molecule has 1 N–H and O–H groups in total. The van der Waals surface area contributed by atoms with Gasteiger partial charge in [0.1, 0.15) is 11.3 Å². The van der Waals surface area contributed by atoms with Crippen molar-refractivity contribution in [2.24, 2.45) is 5.92 Å². The van der Waals surface area contributed by atoms with Crippen LogP contribution < -0.4 is 5.32 Å². The Hall–Kier alpha value is -2.41. The summed E-state index contributed by atoms with van der Waals surface area (Å²) in [7, 11) is 0. The number of fused-ring (bicyclic) bond motifs is 1. The normalized spacial score (nSPS) is 13.6. The molecule has 2 rings (SSSR count). The van der Waals surface area contributed by atoms with Crippen molar-refractivity contribution in [2.45, 2.75) is 39.2 Å². The Bertz CT molecular complexity index is 764. The van der Waals surface area contributed by atoms with Gasteiger partial charge in [-0.25, -0.2) is 4.39 Å². The monoisotopic (exact) mass is 312 g/mol. The second-order valence-corrected chi connectivity index (χ2v) is 6.53. The molecule has 0 bridgehead atoms. The van der Waals surface area contributed by atoms with Crippen LogP contribution in [0.15, 0.2) is 30.5 Å². The molecule has 1 atom stereocenters. The van der Waals surface area contributed by atoms with Crippen LogP contribution in [-0.4, -0.2) is 16.4 Å². The van der Waals surface area contributed by atoms with Crippen LogP contribution in [0.5, 0.6) is 0 Å². The van der Waals surface area contributed by atoms with Gasteiger partial charge in [-0.15, -0.1) is 12.3 Å². The number of para-hydroxylation sites is 1. The van der Waals surface area contributed by atoms with Crippen LogP contribution in [0.4, 0.5) is 4.39 Å². The SMILES string of the molecule is C#CCC(C)(CC(C)C)NC(=O)c1cnc2c(F)cccc2c1. The van der Waals surface area contributed by atoms with Crippen LogP contribution in [0, 0.1) is 24.1 Å². The molecule has 0 saturated heterocycles. The molecule has 0 saturated carbocycles. The van der Waals surface area contributed by atoms with Crippen molar-refractivity contribution in [3.63, 3.8) is 0 Å². The summed E-state index contributed by atoms with van der Waals surface area (Å²) in [6.45, 7) is 6.11. The third-order valence-corrected chi connectivity index (χ3v) is 3.69. The lowest BCUT2D eigenvalue weighted by molar-refractivity contribution is 0.0896. The van der Waals surface area contributed by atoms with Crippen LogP contribution in [0.25, 0.3) is 10.9 Å². The Balaban J connectivity index is 2.27. The molecular formula is C19H21FN2O. The summed E-state index contributed by atoms with van der Waals surface area (Å²) in [5, 5.41) is 3.60. The van der Waals surface area contributed by atoms with Crippen molar-refractivity contribution in [1.29, 1.82) is 0 Å². The molecule has 1 amide bonds. The summed E-state index contributed by atoms with van der Waals surface area (Å²) < 4.78 is 13.6. The highest BCUT2D eigenvalue weighted by Gasteiger charge is 2.27. The van der Waals surface area contributed by atoms with Gasteiger partial charge in [-0.1, -0.05) is 26.0 Å². The molecule has 0 aliphatic rings. The van der Waals surface area contributed by atoms with Gasteiger partial charge in [-0.05, 0) is 31.4 Å². The molecule has 2 aromatic rings. The van der Waals surface area contributed by atoms with Crippen LogP contribution in [0.3, 0.4) is 0 Å². The molecule has 3 nitrogen and oxygen atoms in total. The Labute approximate surface area is 136 Å². The number of nitrogens with one attached hydrogen (secondary N) is 1. The summed E-state index contributed by atoms with van der Waals surface area (Å²) in [4.78, 5) is 16.6. The summed E-state index contributed by atoms with van der Waals surface area (Å²) in [5.41, 5.74) is 0.185. The van der Waals surface area contributed by atoms with E-state index in [2.05, 4.69) is 30.1 Å². The van der Waals surface area contributed by atoms with Crippen LogP contribution in [0.2, 0.25) is 0 Å². The third-order valence-electron chi connectivity index (χ3n) is 3.69. The van der Waals surface area contributed by atoms with Gasteiger partial charge in [0.25, 0.3) is 5.91 Å². The number of carbonyl (C=O) groups excluding carboxylic acids is 1. The maximum atomic E-state index is 13.6. The van der Waals surface area contributed by atoms with E-state index in [1.165, 1.54) is 12.3 Å². The number of terminal acetylenes is 1. The summed E-state index contributed by atoms with van der Waals surface area (Å²) >= 11 is 0. The van der Waals surface area contributed by atoms with Gasteiger partial charge in [0, 0.05) is 23.5 Å². The van der Waals surface area contributed by atoms with Gasteiger partial charge in [-0.2, -0.15) is 0 Å². The van der Waals surface area contributed by atoms with E-state index in [1.807, 2.05) is 6.92 Å². The third kappa shape index (κ3) is 4.07. The molecular weight excluding hydrogens is 291 g/mol. The van der Waals surface area contributed by atoms with Gasteiger partial charge in [0.05, 0.1) is 5.56 Å². The molecule has 1 aromatic carbocycles. The first-order valence-corrected chi connectivity index (χ1v) is 7.65. The first-order chi connectivity index (χ1) is 10.8. The van der Waals surface area contributed by atoms with Gasteiger partial charge in [-0.3, -0.25) is 9.78 Å². The lowest BCUT2D eigenvalue weighted by Gasteiger charge is -2.31. The topological polar surface area (TPSA) is 42.0 Å². The molecule has 0 aliphatic carbocycles. The molecule has 1 aromatic heterocycles. The number of pyridine rings is 1. The van der Waals surface area contributed by atoms with Gasteiger partial charge in [0.15, 0.2) is 0 Å². The van der Waals surface area contributed by atoms with E-state index in [0.717, 1.165) is 6.42 Å². The number of rotatable bonds is 5. The molecule has 1 unspecified atom stereocenters. The van der Waals surface area contributed by atoms with Crippen molar-refractivity contribution >= 4 is 16.8 Å². The zero-order valence-corrected chi connectivity index (χ0v) is 13.7. The van der Waals surface area contributed by atoms with Gasteiger partial charge >= 0.3 is 0 Å². The summed E-state index contributed by atoms with van der Waals surface area (Å²) in [5.74, 6) is 2.38. The number of halogens is 1. The van der Waals surface area contributed by atoms with Crippen LogP contribution in [-0.2, 0) is 0 Å². The minimum atomic E-state index is -0.475. The molecule has 0 radical (unpaired) electrons. The Kier molecular flexibility index (Phi) is 5.00. The maximum Gasteiger partial charge on any atom is 0.253 e. The van der Waals surface area contributed by atoms with E-state index in [1.54, 1.807) is 18.2 Å². The maximum absolute atomic E-state index is 13.6. The molecule has 0 spiro atoms. The predicted molar refractivity (Wildman–Crippen MR) is 90.5 cm³/mol. The first kappa shape index (κ1) is 17.0. The number of aromatic nitrogens is 1. The lowest BCUT2D eigenvalue weighted by atomic mass is 9.87. The first-order valence-electron chi connectivity index (χ1n) is 7.65. The number of carbonyl (C=O) groups is 1. The van der Waals surface area contributed by atoms with Crippen molar-refractivity contribution in [1.82, 2.24) is 10.3 Å². The zero-order valence-electron chi connectivity index (χ0n) is 13.7. The van der Waals surface area contributed by atoms with Crippen LogP contribution in [0.1, 0.15) is 44.0 Å². The Morgan fingerprint density at radius 1 is 1.48 bits per heavy atom. The van der Waals surface area contributed by atoms with Crippen LogP contribution >= 0.6 is 0 Å². The smallest absolute Gasteiger partial charge is 0.253 e. The standard InChI is InChI=1S/C19H21FN2O/c1-5-9-19(4,11-13(2)3)22-18(23)15-10-14-7-6-8-16(20)17(14)21-12-15/h1,6-8,10,12-13H,9,11H2,2-4H3,(H,22,23). The van der Waals surface area contributed by atoms with E-state index in [-0.39, 0.29) is 11.4 Å². The van der Waals surface area contributed by atoms with E-state index in [4.69, 9.17) is 6.42 Å². The quantitative estimate of drug-likeness (QED) is 0.850. The van der Waals surface area contributed by atoms with Crippen molar-refractivity contribution < 1.29 is 9.18 Å². The molecule has 1 heterocycles. The van der Waals surface area contributed by atoms with Gasteiger partial charge < -0.3 is 5.32 Å². The molecule has 4 heteroatoms. The number of amides is 1. The minimum absolute atomic E-state index is 0.248. The lowest BCUT2D eigenvalue weighted by Crippen LogP contribution is -2.46. The van der Waals surface area contributed by atoms with Crippen molar-refractivity contribution in [2.75, 3.05) is 0 Å². The molecule has 0 fully saturated rings. The Morgan fingerprint density at radius 2 is 2.22 bits per heavy atom. The highest BCUT2D eigenvalue weighted by atomic mass is 19.1. The highest BCUT2D eigenvalue weighted by molar-refractivity contribution is 5.97. The number of hydrogen-bond acceptors (Lipinski definition) is 2. The van der Waals surface area contributed by atoms with E-state index in [9.17, 15) is 9.18 Å². The minimum Gasteiger partial charge on any atom is -0.346 e. The second kappa shape index (κ2) is 6.78. The molecule has 23 heavy (non-hydrogen) atoms. The Morgan fingerprint density at radius 3 is 2.87 bits per heavy atom. The highest BCUT2D eigenvalue weighted by Crippen LogP contribution is 2.22. The van der Waals surface area contributed by atoms with E-state index < -0.39 is 11.4 Å². The fourth-order valence-electron chi connectivity index (χ4n) is 2.89. The van der Waals surface area contributed by atoms with Gasteiger partial charge in [0.2, 0.25) is 0 Å². The summed E-state index contributed by atoms with van der Waals surface area (Å²) in [6, 6.07) is 6.33. The number of nitrogens with zero attached hydrogens (tertiary/aromatic N) is 1. The summed E-state index contributed by atoms with van der Waals surface area (Å²) in [6.07, 6.45) is 8.06. The van der Waals surface area contributed by atoms with E-state index >= 15 is 0 Å². The second-order valence-electron chi connectivity index (χ2n) is 6.53. The fourth-order valence-corrected chi connectivity index (χ4v) is 2.89. The predicted octanol–water partition coefficient (Wildman–Crippen LogP) is 3.93. The molecule has 120 valence electrons.